The Morgan fingerprint density at radius 1 is 1.03 bits per heavy atom. The highest BCUT2D eigenvalue weighted by atomic mass is 35.5. The summed E-state index contributed by atoms with van der Waals surface area (Å²) in [4.78, 5) is 29.2. The van der Waals surface area contributed by atoms with Crippen LogP contribution in [0.4, 0.5) is 5.69 Å². The molecular weight excluding hydrogens is 430 g/mol. The van der Waals surface area contributed by atoms with E-state index in [0.29, 0.717) is 22.1 Å². The van der Waals surface area contributed by atoms with Gasteiger partial charge in [-0.15, -0.1) is 11.3 Å². The van der Waals surface area contributed by atoms with Crippen molar-refractivity contribution in [1.82, 2.24) is 10.2 Å². The number of nitrogens with one attached hydrogen (secondary N) is 2. The zero-order valence-corrected chi connectivity index (χ0v) is 19.2. The lowest BCUT2D eigenvalue weighted by Gasteiger charge is -2.29. The van der Waals surface area contributed by atoms with E-state index in [4.69, 9.17) is 11.6 Å². The molecule has 2 aromatic rings. The van der Waals surface area contributed by atoms with E-state index in [-0.39, 0.29) is 11.8 Å². The lowest BCUT2D eigenvalue weighted by atomic mass is 9.95. The smallest absolute Gasteiger partial charge is 0.262 e. The van der Waals surface area contributed by atoms with Crippen molar-refractivity contribution in [2.45, 2.75) is 62.9 Å². The molecule has 3 aliphatic rings. The standard InChI is InChI=1S/C24H28ClN3O2S/c25-21-8-7-20(31-21)22(29)27-24(11-1-2-12-24)23(30)26-18-4-3-16-9-13-28(19-5-6-19)14-10-17(16)15-18/h3-4,7-8,15,19H,1-2,5-6,9-14H2,(H,26,30)(H,27,29). The number of carbonyl (C=O) groups is 2. The molecule has 2 aliphatic carbocycles. The number of fused-ring (bicyclic) bond motifs is 1. The Bertz CT molecular complexity index is 994. The van der Waals surface area contributed by atoms with Crippen LogP contribution in [0.25, 0.3) is 0 Å². The first-order chi connectivity index (χ1) is 15.0. The number of carbonyl (C=O) groups excluding carboxylic acids is 2. The van der Waals surface area contributed by atoms with E-state index < -0.39 is 5.54 Å². The molecule has 2 saturated carbocycles. The molecule has 2 amide bonds. The lowest BCUT2D eigenvalue weighted by Crippen LogP contribution is -2.54. The maximum atomic E-state index is 13.3. The molecule has 0 saturated heterocycles. The fourth-order valence-electron chi connectivity index (χ4n) is 4.98. The van der Waals surface area contributed by atoms with Crippen molar-refractivity contribution in [3.8, 4) is 0 Å². The highest BCUT2D eigenvalue weighted by molar-refractivity contribution is 7.18. The number of hydrogen-bond donors (Lipinski definition) is 2. The average molecular weight is 458 g/mol. The average Bonchev–Trinajstić information content (AvgIpc) is 3.39. The Morgan fingerprint density at radius 3 is 2.45 bits per heavy atom. The molecule has 0 unspecified atom stereocenters. The monoisotopic (exact) mass is 457 g/mol. The van der Waals surface area contributed by atoms with Crippen LogP contribution in [0, 0.1) is 0 Å². The van der Waals surface area contributed by atoms with E-state index in [0.717, 1.165) is 50.5 Å². The van der Waals surface area contributed by atoms with Gasteiger partial charge in [-0.2, -0.15) is 0 Å². The summed E-state index contributed by atoms with van der Waals surface area (Å²) in [6.45, 7) is 2.23. The predicted molar refractivity (Wildman–Crippen MR) is 125 cm³/mol. The quantitative estimate of drug-likeness (QED) is 0.687. The van der Waals surface area contributed by atoms with E-state index in [1.54, 1.807) is 12.1 Å². The van der Waals surface area contributed by atoms with Crippen molar-refractivity contribution >= 4 is 40.4 Å². The lowest BCUT2D eigenvalue weighted by molar-refractivity contribution is -0.122. The largest absolute Gasteiger partial charge is 0.337 e. The molecule has 1 aromatic heterocycles. The minimum Gasteiger partial charge on any atom is -0.337 e. The third-order valence-electron chi connectivity index (χ3n) is 6.91. The first-order valence-electron chi connectivity index (χ1n) is 11.3. The van der Waals surface area contributed by atoms with Gasteiger partial charge in [0.1, 0.15) is 5.54 Å². The number of benzene rings is 1. The summed E-state index contributed by atoms with van der Waals surface area (Å²) in [6, 6.07) is 10.5. The van der Waals surface area contributed by atoms with E-state index in [1.165, 1.54) is 35.3 Å². The van der Waals surface area contributed by atoms with Crippen molar-refractivity contribution in [2.24, 2.45) is 0 Å². The van der Waals surface area contributed by atoms with Gasteiger partial charge in [0.25, 0.3) is 5.91 Å². The van der Waals surface area contributed by atoms with Gasteiger partial charge in [-0.25, -0.2) is 0 Å². The summed E-state index contributed by atoms with van der Waals surface area (Å²) in [5, 5.41) is 6.15. The van der Waals surface area contributed by atoms with Gasteiger partial charge in [0.15, 0.2) is 0 Å². The second-order valence-corrected chi connectivity index (χ2v) is 10.8. The number of anilines is 1. The van der Waals surface area contributed by atoms with Crippen LogP contribution in [0.1, 0.15) is 59.3 Å². The first-order valence-corrected chi connectivity index (χ1v) is 12.5. The molecule has 5 nitrogen and oxygen atoms in total. The van der Waals surface area contributed by atoms with Crippen molar-refractivity contribution < 1.29 is 9.59 Å². The summed E-state index contributed by atoms with van der Waals surface area (Å²) in [5.41, 5.74) is 2.69. The number of rotatable bonds is 5. The van der Waals surface area contributed by atoms with Crippen LogP contribution in [0.3, 0.4) is 0 Å². The van der Waals surface area contributed by atoms with Crippen molar-refractivity contribution in [2.75, 3.05) is 18.4 Å². The molecule has 1 aliphatic heterocycles. The second-order valence-electron chi connectivity index (χ2n) is 9.05. The van der Waals surface area contributed by atoms with Gasteiger partial charge in [-0.05, 0) is 73.9 Å². The molecule has 164 valence electrons. The third kappa shape index (κ3) is 4.52. The Balaban J connectivity index is 1.29. The first kappa shape index (κ1) is 21.0. The van der Waals surface area contributed by atoms with Crippen LogP contribution in [0.2, 0.25) is 4.34 Å². The van der Waals surface area contributed by atoms with Crippen LogP contribution < -0.4 is 10.6 Å². The molecule has 0 atom stereocenters. The van der Waals surface area contributed by atoms with Crippen LogP contribution in [-0.2, 0) is 17.6 Å². The zero-order chi connectivity index (χ0) is 21.4. The molecule has 0 bridgehead atoms. The topological polar surface area (TPSA) is 61.4 Å². The number of halogens is 1. The maximum absolute atomic E-state index is 13.3. The number of nitrogens with zero attached hydrogens (tertiary/aromatic N) is 1. The van der Waals surface area contributed by atoms with Crippen molar-refractivity contribution in [3.05, 3.63) is 50.7 Å². The van der Waals surface area contributed by atoms with Crippen molar-refractivity contribution in [1.29, 1.82) is 0 Å². The molecule has 2 heterocycles. The summed E-state index contributed by atoms with van der Waals surface area (Å²) >= 11 is 7.22. The molecule has 7 heteroatoms. The molecule has 1 aromatic carbocycles. The van der Waals surface area contributed by atoms with Crippen molar-refractivity contribution in [3.63, 3.8) is 0 Å². The van der Waals surface area contributed by atoms with Crippen LogP contribution in [0.5, 0.6) is 0 Å². The van der Waals surface area contributed by atoms with Crippen LogP contribution in [-0.4, -0.2) is 41.4 Å². The van der Waals surface area contributed by atoms with Gasteiger partial charge in [-0.1, -0.05) is 30.5 Å². The normalized spacial score (nSPS) is 20.7. The zero-order valence-electron chi connectivity index (χ0n) is 17.6. The molecule has 2 fully saturated rings. The Labute approximate surface area is 192 Å². The highest BCUT2D eigenvalue weighted by Gasteiger charge is 2.43. The summed E-state index contributed by atoms with van der Waals surface area (Å²) in [6.07, 6.45) is 7.95. The van der Waals surface area contributed by atoms with E-state index in [2.05, 4.69) is 27.7 Å². The van der Waals surface area contributed by atoms with Gasteiger partial charge in [-0.3, -0.25) is 14.5 Å². The van der Waals surface area contributed by atoms with E-state index in [1.807, 2.05) is 6.07 Å². The number of thiophene rings is 1. The van der Waals surface area contributed by atoms with Crippen LogP contribution in [0.15, 0.2) is 30.3 Å². The maximum Gasteiger partial charge on any atom is 0.262 e. The second kappa shape index (κ2) is 8.57. The predicted octanol–water partition coefficient (Wildman–Crippen LogP) is 4.65. The molecule has 0 spiro atoms. The summed E-state index contributed by atoms with van der Waals surface area (Å²) < 4.78 is 0.570. The molecular formula is C24H28ClN3O2S. The highest BCUT2D eigenvalue weighted by Crippen LogP contribution is 2.33. The fourth-order valence-corrected chi connectivity index (χ4v) is 5.92. The number of amides is 2. The Hall–Kier alpha value is -1.89. The van der Waals surface area contributed by atoms with Crippen LogP contribution >= 0.6 is 22.9 Å². The number of hydrogen-bond acceptors (Lipinski definition) is 4. The summed E-state index contributed by atoms with van der Waals surface area (Å²) in [7, 11) is 0. The minimum absolute atomic E-state index is 0.116. The molecule has 31 heavy (non-hydrogen) atoms. The molecule has 2 N–H and O–H groups in total. The Kier molecular flexibility index (Phi) is 5.80. The molecule has 5 rings (SSSR count). The van der Waals surface area contributed by atoms with E-state index in [9.17, 15) is 9.59 Å². The van der Waals surface area contributed by atoms with Gasteiger partial charge in [0, 0.05) is 24.8 Å². The summed E-state index contributed by atoms with van der Waals surface area (Å²) in [5.74, 6) is -0.342. The third-order valence-corrected chi connectivity index (χ3v) is 8.14. The Morgan fingerprint density at radius 2 is 1.77 bits per heavy atom. The van der Waals surface area contributed by atoms with E-state index >= 15 is 0 Å². The molecule has 0 radical (unpaired) electrons. The minimum atomic E-state index is -0.858. The van der Waals surface area contributed by atoms with Gasteiger partial charge in [0.05, 0.1) is 9.21 Å². The van der Waals surface area contributed by atoms with Gasteiger partial charge in [0.2, 0.25) is 5.91 Å². The fraction of sp³-hybridized carbons (Fsp3) is 0.500. The van der Waals surface area contributed by atoms with Gasteiger partial charge < -0.3 is 10.6 Å². The SMILES string of the molecule is O=C(NC1(C(=O)Nc2ccc3c(c2)CCN(C2CC2)CC3)CCCC1)c1ccc(Cl)s1. The van der Waals surface area contributed by atoms with Gasteiger partial charge >= 0.3 is 0 Å².